The molecule has 1 fully saturated rings. The lowest BCUT2D eigenvalue weighted by molar-refractivity contribution is -0.222. The number of nitrogens with two attached hydrogens (primary N) is 1. The van der Waals surface area contributed by atoms with Crippen LogP contribution in [0.5, 0.6) is 0 Å². The number of esters is 2. The molecule has 1 aliphatic rings. The molecule has 22 heavy (non-hydrogen) atoms. The van der Waals surface area contributed by atoms with Gasteiger partial charge in [0.15, 0.2) is 5.57 Å². The molecule has 2 rings (SSSR count). The van der Waals surface area contributed by atoms with Gasteiger partial charge < -0.3 is 15.2 Å². The lowest BCUT2D eigenvalue weighted by Crippen LogP contribution is -2.42. The maximum Gasteiger partial charge on any atom is 0.350 e. The second kappa shape index (κ2) is 5.04. The van der Waals surface area contributed by atoms with E-state index in [0.717, 1.165) is 11.9 Å². The summed E-state index contributed by atoms with van der Waals surface area (Å²) in [6.07, 6.45) is 1.16. The molecule has 0 spiro atoms. The molecule has 0 saturated carbocycles. The van der Waals surface area contributed by atoms with Crippen LogP contribution < -0.4 is 11.2 Å². The number of hydrogen-bond acceptors (Lipinski definition) is 7. The quantitative estimate of drug-likeness (QED) is 0.477. The summed E-state index contributed by atoms with van der Waals surface area (Å²) < 4.78 is 9.97. The van der Waals surface area contributed by atoms with Gasteiger partial charge in [-0.15, -0.1) is 0 Å². The van der Waals surface area contributed by atoms with Crippen molar-refractivity contribution in [2.24, 2.45) is 0 Å². The molecule has 0 unspecified atom stereocenters. The van der Waals surface area contributed by atoms with Gasteiger partial charge in [-0.3, -0.25) is 5.43 Å². The highest BCUT2D eigenvalue weighted by molar-refractivity contribution is 6.15. The monoisotopic (exact) mass is 308 g/mol. The number of carbonyl (C=O) groups excluding carboxylic acids is 2. The number of aromatic nitrogens is 2. The molecule has 0 aliphatic carbocycles. The van der Waals surface area contributed by atoms with E-state index in [-0.39, 0.29) is 11.0 Å². The van der Waals surface area contributed by atoms with E-state index in [4.69, 9.17) is 15.2 Å². The van der Waals surface area contributed by atoms with Crippen LogP contribution in [0.4, 0.5) is 5.82 Å². The number of nitrogens with zero attached hydrogens (tertiary/aromatic N) is 2. The first-order valence-electron chi connectivity index (χ1n) is 6.79. The molecule has 1 aliphatic heterocycles. The third kappa shape index (κ3) is 3.21. The van der Waals surface area contributed by atoms with Crippen LogP contribution in [0.1, 0.15) is 40.3 Å². The molecule has 0 bridgehead atoms. The minimum Gasteiger partial charge on any atom is -0.419 e. The highest BCUT2D eigenvalue weighted by Crippen LogP contribution is 2.23. The summed E-state index contributed by atoms with van der Waals surface area (Å²) >= 11 is 0. The molecule has 1 saturated heterocycles. The summed E-state index contributed by atoms with van der Waals surface area (Å²) in [6, 6.07) is 1.71. The summed E-state index contributed by atoms with van der Waals surface area (Å²) in [7, 11) is 0. The number of nitrogen functional groups attached to an aromatic ring is 1. The van der Waals surface area contributed by atoms with E-state index in [1.807, 2.05) is 20.8 Å². The number of anilines is 1. The first kappa shape index (κ1) is 15.9. The van der Waals surface area contributed by atoms with E-state index in [2.05, 4.69) is 10.5 Å². The zero-order valence-electron chi connectivity index (χ0n) is 13.3. The zero-order valence-corrected chi connectivity index (χ0v) is 13.3. The first-order valence-corrected chi connectivity index (χ1v) is 6.79. The summed E-state index contributed by atoms with van der Waals surface area (Å²) in [4.78, 5) is 24.9. The predicted molar refractivity (Wildman–Crippen MR) is 79.0 cm³/mol. The highest BCUT2D eigenvalue weighted by Gasteiger charge is 2.39. The number of nitrogens with one attached hydrogen (secondary N) is 1. The van der Waals surface area contributed by atoms with E-state index in [9.17, 15) is 9.59 Å². The van der Waals surface area contributed by atoms with Gasteiger partial charge in [0.25, 0.3) is 5.79 Å². The Labute approximate surface area is 128 Å². The number of cyclic esters (lactones) is 2. The second-order valence-corrected chi connectivity index (χ2v) is 6.48. The van der Waals surface area contributed by atoms with E-state index in [1.165, 1.54) is 18.6 Å². The second-order valence-electron chi connectivity index (χ2n) is 6.48. The van der Waals surface area contributed by atoms with Gasteiger partial charge in [0.1, 0.15) is 5.82 Å². The van der Waals surface area contributed by atoms with E-state index in [1.54, 1.807) is 6.07 Å². The summed E-state index contributed by atoms with van der Waals surface area (Å²) in [5, 5.41) is 4.28. The average molecular weight is 308 g/mol. The summed E-state index contributed by atoms with van der Waals surface area (Å²) in [5.74, 6) is -2.46. The van der Waals surface area contributed by atoms with Crippen LogP contribution in [0.3, 0.4) is 0 Å². The Balaban J connectivity index is 2.20. The Morgan fingerprint density at radius 1 is 1.27 bits per heavy atom. The van der Waals surface area contributed by atoms with Crippen molar-refractivity contribution in [2.45, 2.75) is 45.8 Å². The first-order chi connectivity index (χ1) is 9.99. The van der Waals surface area contributed by atoms with E-state index >= 15 is 0 Å². The van der Waals surface area contributed by atoms with Gasteiger partial charge in [-0.2, -0.15) is 9.89 Å². The SMILES string of the molecule is CC1(C)OC(=O)C(=CNn2nc(C(C)(C)C)cc2N)C(=O)O1. The third-order valence-electron chi connectivity index (χ3n) is 2.95. The molecule has 1 aromatic heterocycles. The van der Waals surface area contributed by atoms with Crippen LogP contribution in [0.15, 0.2) is 17.8 Å². The third-order valence-corrected chi connectivity index (χ3v) is 2.95. The average Bonchev–Trinajstić information content (AvgIpc) is 2.68. The maximum absolute atomic E-state index is 11.8. The Bertz CT molecular complexity index is 630. The lowest BCUT2D eigenvalue weighted by Gasteiger charge is -2.29. The Hall–Kier alpha value is -2.51. The summed E-state index contributed by atoms with van der Waals surface area (Å²) in [5.41, 5.74) is 8.85. The van der Waals surface area contributed by atoms with Gasteiger partial charge >= 0.3 is 11.9 Å². The number of hydrogen-bond donors (Lipinski definition) is 2. The zero-order chi connectivity index (χ0) is 16.7. The van der Waals surface area contributed by atoms with Crippen LogP contribution >= 0.6 is 0 Å². The lowest BCUT2D eigenvalue weighted by atomic mass is 9.92. The molecule has 8 nitrogen and oxygen atoms in total. The molecule has 0 atom stereocenters. The molecule has 0 amide bonds. The smallest absolute Gasteiger partial charge is 0.350 e. The fourth-order valence-electron chi connectivity index (χ4n) is 1.77. The maximum atomic E-state index is 11.8. The van der Waals surface area contributed by atoms with Crippen LogP contribution in [-0.4, -0.2) is 27.6 Å². The fraction of sp³-hybridized carbons (Fsp3) is 0.500. The Kier molecular flexibility index (Phi) is 3.64. The van der Waals surface area contributed by atoms with Crippen molar-refractivity contribution in [3.8, 4) is 0 Å². The predicted octanol–water partition coefficient (Wildman–Crippen LogP) is 1.03. The minimum absolute atomic E-state index is 0.180. The molecule has 8 heteroatoms. The molecule has 1 aromatic rings. The van der Waals surface area contributed by atoms with Crippen LogP contribution in [0.25, 0.3) is 0 Å². The van der Waals surface area contributed by atoms with Crippen molar-refractivity contribution in [1.29, 1.82) is 0 Å². The van der Waals surface area contributed by atoms with Gasteiger partial charge in [-0.25, -0.2) is 9.59 Å². The normalized spacial score (nSPS) is 17.8. The van der Waals surface area contributed by atoms with Crippen LogP contribution in [0, 0.1) is 0 Å². The molecular formula is C14H20N4O4. The number of ether oxygens (including phenoxy) is 2. The summed E-state index contributed by atoms with van der Waals surface area (Å²) in [6.45, 7) is 8.95. The highest BCUT2D eigenvalue weighted by atomic mass is 16.7. The van der Waals surface area contributed by atoms with E-state index < -0.39 is 17.7 Å². The van der Waals surface area contributed by atoms with Crippen LogP contribution in [-0.2, 0) is 24.5 Å². The Morgan fingerprint density at radius 3 is 2.27 bits per heavy atom. The minimum atomic E-state index is -1.27. The Morgan fingerprint density at radius 2 is 1.82 bits per heavy atom. The molecule has 2 heterocycles. The molecule has 0 aromatic carbocycles. The van der Waals surface area contributed by atoms with E-state index in [0.29, 0.717) is 5.82 Å². The number of carbonyl (C=O) groups is 2. The van der Waals surface area contributed by atoms with Crippen molar-refractivity contribution >= 4 is 17.8 Å². The van der Waals surface area contributed by atoms with Gasteiger partial charge in [0.2, 0.25) is 0 Å². The van der Waals surface area contributed by atoms with Crippen molar-refractivity contribution in [3.63, 3.8) is 0 Å². The van der Waals surface area contributed by atoms with Crippen molar-refractivity contribution in [1.82, 2.24) is 9.89 Å². The van der Waals surface area contributed by atoms with Gasteiger partial charge in [-0.05, 0) is 0 Å². The van der Waals surface area contributed by atoms with Crippen molar-refractivity contribution < 1.29 is 19.1 Å². The van der Waals surface area contributed by atoms with Crippen molar-refractivity contribution in [2.75, 3.05) is 11.2 Å². The largest absolute Gasteiger partial charge is 0.419 e. The van der Waals surface area contributed by atoms with Gasteiger partial charge in [0.05, 0.1) is 5.69 Å². The van der Waals surface area contributed by atoms with Gasteiger partial charge in [-0.1, -0.05) is 20.8 Å². The fourth-order valence-corrected chi connectivity index (χ4v) is 1.77. The topological polar surface area (TPSA) is 108 Å². The number of rotatable bonds is 2. The van der Waals surface area contributed by atoms with Crippen LogP contribution in [0.2, 0.25) is 0 Å². The molecule has 120 valence electrons. The molecular weight excluding hydrogens is 288 g/mol. The van der Waals surface area contributed by atoms with Gasteiger partial charge in [0, 0.05) is 31.5 Å². The molecule has 0 radical (unpaired) electrons. The van der Waals surface area contributed by atoms with Crippen molar-refractivity contribution in [3.05, 3.63) is 23.5 Å². The molecule has 3 N–H and O–H groups in total. The standard InChI is InChI=1S/C14H20N4O4/c1-13(2,3)9-6-10(15)18(17-9)16-7-8-11(19)21-14(4,5)22-12(8)20/h6-7,16H,15H2,1-5H3.